The predicted molar refractivity (Wildman–Crippen MR) is 62.8 cm³/mol. The fourth-order valence-corrected chi connectivity index (χ4v) is 1.71. The average Bonchev–Trinajstić information content (AvgIpc) is 3.03. The third-order valence-corrected chi connectivity index (χ3v) is 2.80. The van der Waals surface area contributed by atoms with Crippen LogP contribution in [-0.2, 0) is 11.3 Å². The molecule has 7 nitrogen and oxygen atoms in total. The van der Waals surface area contributed by atoms with Crippen molar-refractivity contribution in [2.75, 3.05) is 6.54 Å². The van der Waals surface area contributed by atoms with Crippen molar-refractivity contribution in [3.63, 3.8) is 0 Å². The summed E-state index contributed by atoms with van der Waals surface area (Å²) in [5, 5.41) is 11.4. The third-order valence-electron chi connectivity index (χ3n) is 2.80. The number of carbonyl (C=O) groups excluding carboxylic acids is 1. The van der Waals surface area contributed by atoms with Gasteiger partial charge in [-0.3, -0.25) is 4.79 Å². The van der Waals surface area contributed by atoms with E-state index in [2.05, 4.69) is 15.3 Å². The third kappa shape index (κ3) is 3.47. The van der Waals surface area contributed by atoms with Crippen molar-refractivity contribution < 1.29 is 14.7 Å². The molecule has 0 aliphatic heterocycles. The Morgan fingerprint density at radius 3 is 2.89 bits per heavy atom. The minimum Gasteiger partial charge on any atom is -0.481 e. The molecule has 0 atom stereocenters. The summed E-state index contributed by atoms with van der Waals surface area (Å²) >= 11 is 0. The molecule has 0 radical (unpaired) electrons. The van der Waals surface area contributed by atoms with Gasteiger partial charge in [-0.15, -0.1) is 0 Å². The molecule has 1 heterocycles. The van der Waals surface area contributed by atoms with Gasteiger partial charge in [-0.1, -0.05) is 0 Å². The van der Waals surface area contributed by atoms with E-state index in [1.54, 1.807) is 17.4 Å². The van der Waals surface area contributed by atoms with Gasteiger partial charge in [0, 0.05) is 18.8 Å². The molecule has 18 heavy (non-hydrogen) atoms. The minimum absolute atomic E-state index is 0.0199. The van der Waals surface area contributed by atoms with Crippen LogP contribution in [0.4, 0.5) is 4.79 Å². The van der Waals surface area contributed by atoms with Gasteiger partial charge >= 0.3 is 12.0 Å². The van der Waals surface area contributed by atoms with Gasteiger partial charge in [-0.25, -0.2) is 9.78 Å². The van der Waals surface area contributed by atoms with E-state index < -0.39 is 5.97 Å². The number of carboxylic acids is 1. The second-order valence-corrected chi connectivity index (χ2v) is 4.30. The number of nitrogens with zero attached hydrogens (tertiary/aromatic N) is 2. The summed E-state index contributed by atoms with van der Waals surface area (Å²) in [6.45, 7) is 0.629. The quantitative estimate of drug-likeness (QED) is 0.688. The van der Waals surface area contributed by atoms with E-state index >= 15 is 0 Å². The van der Waals surface area contributed by atoms with Gasteiger partial charge in [-0.05, 0) is 12.8 Å². The lowest BCUT2D eigenvalue weighted by Gasteiger charge is -2.21. The summed E-state index contributed by atoms with van der Waals surface area (Å²) in [6, 6.07) is -0.0144. The molecule has 0 bridgehead atoms. The predicted octanol–water partition coefficient (Wildman–Crippen LogP) is 0.558. The maximum absolute atomic E-state index is 11.9. The lowest BCUT2D eigenvalue weighted by molar-refractivity contribution is -0.137. The smallest absolute Gasteiger partial charge is 0.317 e. The number of amides is 2. The van der Waals surface area contributed by atoms with Gasteiger partial charge in [-0.2, -0.15) is 0 Å². The van der Waals surface area contributed by atoms with E-state index in [1.165, 1.54) is 0 Å². The first-order valence-corrected chi connectivity index (χ1v) is 5.90. The summed E-state index contributed by atoms with van der Waals surface area (Å²) in [5.41, 5.74) is 0.817. The number of aromatic nitrogens is 2. The van der Waals surface area contributed by atoms with Crippen molar-refractivity contribution in [3.8, 4) is 0 Å². The summed E-state index contributed by atoms with van der Waals surface area (Å²) in [5.74, 6) is -0.887. The Hall–Kier alpha value is -2.05. The molecule has 0 saturated heterocycles. The number of H-pyrrole nitrogens is 1. The molecule has 1 aromatic heterocycles. The minimum atomic E-state index is -0.887. The Morgan fingerprint density at radius 2 is 2.33 bits per heavy atom. The molecule has 0 aromatic carbocycles. The van der Waals surface area contributed by atoms with Crippen molar-refractivity contribution in [2.24, 2.45) is 0 Å². The maximum Gasteiger partial charge on any atom is 0.317 e. The Labute approximate surface area is 104 Å². The van der Waals surface area contributed by atoms with Crippen molar-refractivity contribution in [2.45, 2.75) is 31.8 Å². The lowest BCUT2D eigenvalue weighted by Crippen LogP contribution is -2.42. The SMILES string of the molecule is O=C(O)CCN(C(=O)NCc1cnc[nH]1)C1CC1. The molecule has 0 spiro atoms. The summed E-state index contributed by atoms with van der Waals surface area (Å²) in [7, 11) is 0. The number of carbonyl (C=O) groups is 2. The van der Waals surface area contributed by atoms with Crippen LogP contribution in [0.25, 0.3) is 0 Å². The first kappa shape index (κ1) is 12.4. The molecule has 1 fully saturated rings. The number of aliphatic carboxylic acids is 1. The topological polar surface area (TPSA) is 98.3 Å². The number of urea groups is 1. The normalized spacial score (nSPS) is 14.2. The van der Waals surface area contributed by atoms with Gasteiger partial charge in [0.15, 0.2) is 0 Å². The van der Waals surface area contributed by atoms with Gasteiger partial charge < -0.3 is 20.3 Å². The van der Waals surface area contributed by atoms with Gasteiger partial charge in [0.05, 0.1) is 25.0 Å². The van der Waals surface area contributed by atoms with Crippen molar-refractivity contribution in [3.05, 3.63) is 18.2 Å². The highest BCUT2D eigenvalue weighted by Gasteiger charge is 2.32. The Bertz CT molecular complexity index is 414. The van der Waals surface area contributed by atoms with Gasteiger partial charge in [0.1, 0.15) is 0 Å². The van der Waals surface area contributed by atoms with Crippen LogP contribution in [0.1, 0.15) is 25.0 Å². The van der Waals surface area contributed by atoms with Gasteiger partial charge in [0.25, 0.3) is 0 Å². The van der Waals surface area contributed by atoms with E-state index in [-0.39, 0.29) is 25.0 Å². The Kier molecular flexibility index (Phi) is 3.81. The molecule has 3 N–H and O–H groups in total. The maximum atomic E-state index is 11.9. The monoisotopic (exact) mass is 252 g/mol. The second-order valence-electron chi connectivity index (χ2n) is 4.30. The summed E-state index contributed by atoms with van der Waals surface area (Å²) < 4.78 is 0. The van der Waals surface area contributed by atoms with Crippen LogP contribution in [0, 0.1) is 0 Å². The zero-order valence-corrected chi connectivity index (χ0v) is 9.93. The molecule has 2 amide bonds. The average molecular weight is 252 g/mol. The van der Waals surface area contributed by atoms with Crippen LogP contribution in [0.5, 0.6) is 0 Å². The lowest BCUT2D eigenvalue weighted by atomic mass is 10.4. The van der Waals surface area contributed by atoms with Crippen LogP contribution < -0.4 is 5.32 Å². The number of hydrogen-bond donors (Lipinski definition) is 3. The number of rotatable bonds is 6. The molecule has 98 valence electrons. The molecule has 1 aliphatic rings. The highest BCUT2D eigenvalue weighted by Crippen LogP contribution is 2.26. The van der Waals surface area contributed by atoms with Crippen LogP contribution in [0.2, 0.25) is 0 Å². The molecule has 1 aromatic rings. The van der Waals surface area contributed by atoms with E-state index in [9.17, 15) is 9.59 Å². The molecular weight excluding hydrogens is 236 g/mol. The second kappa shape index (κ2) is 5.52. The first-order chi connectivity index (χ1) is 8.66. The first-order valence-electron chi connectivity index (χ1n) is 5.90. The zero-order valence-electron chi connectivity index (χ0n) is 9.93. The molecular formula is C11H16N4O3. The van der Waals surface area contributed by atoms with Crippen molar-refractivity contribution in [1.82, 2.24) is 20.2 Å². The fourth-order valence-electron chi connectivity index (χ4n) is 1.71. The molecule has 2 rings (SSSR count). The van der Waals surface area contributed by atoms with E-state index in [0.29, 0.717) is 6.54 Å². The number of aromatic amines is 1. The molecule has 1 aliphatic carbocycles. The van der Waals surface area contributed by atoms with Crippen LogP contribution in [0.3, 0.4) is 0 Å². The van der Waals surface area contributed by atoms with Crippen LogP contribution >= 0.6 is 0 Å². The standard InChI is InChI=1S/C11H16N4O3/c16-10(17)3-4-15(9-1-2-9)11(18)13-6-8-5-12-7-14-8/h5,7,9H,1-4,6H2,(H,12,14)(H,13,18)(H,16,17). The zero-order chi connectivity index (χ0) is 13.0. The van der Waals surface area contributed by atoms with Crippen molar-refractivity contribution >= 4 is 12.0 Å². The van der Waals surface area contributed by atoms with E-state index in [1.807, 2.05) is 0 Å². The Morgan fingerprint density at radius 1 is 1.56 bits per heavy atom. The largest absolute Gasteiger partial charge is 0.481 e. The number of hydrogen-bond acceptors (Lipinski definition) is 3. The van der Waals surface area contributed by atoms with Crippen molar-refractivity contribution in [1.29, 1.82) is 0 Å². The Balaban J connectivity index is 1.81. The molecule has 0 unspecified atom stereocenters. The molecule has 7 heteroatoms. The highest BCUT2D eigenvalue weighted by atomic mass is 16.4. The highest BCUT2D eigenvalue weighted by molar-refractivity contribution is 5.76. The van der Waals surface area contributed by atoms with Crippen LogP contribution in [0.15, 0.2) is 12.5 Å². The number of carboxylic acid groups (broad SMARTS) is 1. The summed E-state index contributed by atoms with van der Waals surface area (Å²) in [6.07, 6.45) is 5.08. The van der Waals surface area contributed by atoms with E-state index in [4.69, 9.17) is 5.11 Å². The number of nitrogens with one attached hydrogen (secondary N) is 2. The van der Waals surface area contributed by atoms with Crippen LogP contribution in [-0.4, -0.2) is 44.6 Å². The molecule has 1 saturated carbocycles. The van der Waals surface area contributed by atoms with Gasteiger partial charge in [0.2, 0.25) is 0 Å². The van der Waals surface area contributed by atoms with E-state index in [0.717, 1.165) is 18.5 Å². The fraction of sp³-hybridized carbons (Fsp3) is 0.545. The summed E-state index contributed by atoms with van der Waals surface area (Å²) in [4.78, 5) is 30.8. The number of imidazole rings is 1.